The average molecular weight is 250 g/mol. The van der Waals surface area contributed by atoms with Crippen LogP contribution >= 0.6 is 0 Å². The first-order chi connectivity index (χ1) is 8.46. The molecule has 0 saturated carbocycles. The molecule has 0 aromatic heterocycles. The summed E-state index contributed by atoms with van der Waals surface area (Å²) in [5, 5.41) is 9.31. The normalized spacial score (nSPS) is 15.7. The second-order valence-corrected chi connectivity index (χ2v) is 4.68. The van der Waals surface area contributed by atoms with Gasteiger partial charge in [-0.15, -0.1) is 0 Å². The maximum absolute atomic E-state index is 11.3. The van der Waals surface area contributed by atoms with Gasteiger partial charge in [0.15, 0.2) is 0 Å². The lowest BCUT2D eigenvalue weighted by Crippen LogP contribution is -2.04. The van der Waals surface area contributed by atoms with Gasteiger partial charge in [-0.05, 0) is 31.3 Å². The first-order valence-corrected chi connectivity index (χ1v) is 6.78. The van der Waals surface area contributed by atoms with Crippen LogP contribution in [0.15, 0.2) is 34.9 Å². The van der Waals surface area contributed by atoms with Crippen LogP contribution in [0.1, 0.15) is 53.9 Å². The Morgan fingerprint density at radius 3 is 2.28 bits per heavy atom. The second kappa shape index (κ2) is 8.73. The van der Waals surface area contributed by atoms with E-state index in [0.29, 0.717) is 11.5 Å². The minimum absolute atomic E-state index is 0.389. The van der Waals surface area contributed by atoms with Gasteiger partial charge in [0.2, 0.25) is 0 Å². The number of aliphatic carboxylic acids is 1. The molecule has 0 amide bonds. The first-order valence-electron chi connectivity index (χ1n) is 6.78. The highest BCUT2D eigenvalue weighted by Gasteiger charge is 2.12. The molecule has 18 heavy (non-hydrogen) atoms. The molecule has 0 aromatic rings. The quantitative estimate of drug-likeness (QED) is 0.523. The fourth-order valence-corrected chi connectivity index (χ4v) is 1.54. The van der Waals surface area contributed by atoms with E-state index < -0.39 is 5.97 Å². The summed E-state index contributed by atoms with van der Waals surface area (Å²) < 4.78 is 0. The van der Waals surface area contributed by atoms with Crippen LogP contribution in [0, 0.1) is 5.92 Å². The van der Waals surface area contributed by atoms with E-state index in [4.69, 9.17) is 0 Å². The maximum atomic E-state index is 11.3. The van der Waals surface area contributed by atoms with Crippen LogP contribution in [0.3, 0.4) is 0 Å². The Balaban J connectivity index is 5.52. The predicted molar refractivity (Wildman–Crippen MR) is 77.6 cm³/mol. The van der Waals surface area contributed by atoms with Gasteiger partial charge in [-0.1, -0.05) is 57.9 Å². The molecule has 1 N–H and O–H groups in total. The van der Waals surface area contributed by atoms with Crippen LogP contribution in [0.4, 0.5) is 0 Å². The van der Waals surface area contributed by atoms with Crippen molar-refractivity contribution in [2.24, 2.45) is 5.92 Å². The van der Waals surface area contributed by atoms with Gasteiger partial charge in [-0.3, -0.25) is 0 Å². The highest BCUT2D eigenvalue weighted by molar-refractivity contribution is 5.92. The van der Waals surface area contributed by atoms with Crippen molar-refractivity contribution < 1.29 is 9.90 Å². The molecule has 0 radical (unpaired) electrons. The van der Waals surface area contributed by atoms with E-state index in [1.54, 1.807) is 6.08 Å². The molecule has 0 aliphatic carbocycles. The highest BCUT2D eigenvalue weighted by atomic mass is 16.4. The van der Waals surface area contributed by atoms with Gasteiger partial charge in [0, 0.05) is 0 Å². The van der Waals surface area contributed by atoms with E-state index in [1.807, 2.05) is 19.9 Å². The number of rotatable bonds is 7. The molecular weight excluding hydrogens is 224 g/mol. The van der Waals surface area contributed by atoms with Crippen LogP contribution in [-0.2, 0) is 4.79 Å². The summed E-state index contributed by atoms with van der Waals surface area (Å²) >= 11 is 0. The first kappa shape index (κ1) is 16.7. The van der Waals surface area contributed by atoms with Crippen molar-refractivity contribution in [2.45, 2.75) is 53.9 Å². The minimum atomic E-state index is -0.841. The molecule has 2 heteroatoms. The van der Waals surface area contributed by atoms with Crippen molar-refractivity contribution in [3.63, 3.8) is 0 Å². The maximum Gasteiger partial charge on any atom is 0.335 e. The molecule has 0 spiro atoms. The summed E-state index contributed by atoms with van der Waals surface area (Å²) in [7, 11) is 0. The number of carboxylic acid groups (broad SMARTS) is 1. The summed E-state index contributed by atoms with van der Waals surface area (Å²) in [5.74, 6) is -0.452. The summed E-state index contributed by atoms with van der Waals surface area (Å²) in [6.07, 6.45) is 8.55. The Labute approximate surface area is 111 Å². The summed E-state index contributed by atoms with van der Waals surface area (Å²) in [4.78, 5) is 11.3. The van der Waals surface area contributed by atoms with E-state index in [9.17, 15) is 9.90 Å². The largest absolute Gasteiger partial charge is 0.478 e. The average Bonchev–Trinajstić information content (AvgIpc) is 2.34. The number of hydrogen-bond donors (Lipinski definition) is 1. The molecule has 1 unspecified atom stereocenters. The highest BCUT2D eigenvalue weighted by Crippen LogP contribution is 2.20. The molecular formula is C16H26O2. The van der Waals surface area contributed by atoms with Gasteiger partial charge in [0.25, 0.3) is 0 Å². The van der Waals surface area contributed by atoms with Gasteiger partial charge in [0.05, 0.1) is 5.57 Å². The molecule has 0 fully saturated rings. The predicted octanol–water partition coefficient (Wildman–Crippen LogP) is 4.74. The number of carbonyl (C=O) groups is 1. The summed E-state index contributed by atoms with van der Waals surface area (Å²) in [6, 6.07) is 0. The van der Waals surface area contributed by atoms with E-state index >= 15 is 0 Å². The van der Waals surface area contributed by atoms with Crippen LogP contribution in [0.2, 0.25) is 0 Å². The topological polar surface area (TPSA) is 37.3 Å². The van der Waals surface area contributed by atoms with Gasteiger partial charge in [0.1, 0.15) is 0 Å². The van der Waals surface area contributed by atoms with Crippen molar-refractivity contribution in [3.05, 3.63) is 34.9 Å². The molecule has 0 rings (SSSR count). The zero-order valence-corrected chi connectivity index (χ0v) is 12.3. The molecule has 0 saturated heterocycles. The molecule has 0 aromatic carbocycles. The number of allylic oxidation sites excluding steroid dienone is 4. The third kappa shape index (κ3) is 5.85. The van der Waals surface area contributed by atoms with Crippen molar-refractivity contribution >= 4 is 5.97 Å². The van der Waals surface area contributed by atoms with Gasteiger partial charge >= 0.3 is 5.97 Å². The smallest absolute Gasteiger partial charge is 0.335 e. The van der Waals surface area contributed by atoms with Crippen molar-refractivity contribution in [1.82, 2.24) is 0 Å². The van der Waals surface area contributed by atoms with E-state index in [1.165, 1.54) is 5.57 Å². The van der Waals surface area contributed by atoms with Crippen LogP contribution in [-0.4, -0.2) is 11.1 Å². The molecule has 0 bridgehead atoms. The Morgan fingerprint density at radius 2 is 1.89 bits per heavy atom. The Bertz CT molecular complexity index is 359. The lowest BCUT2D eigenvalue weighted by molar-refractivity contribution is -0.132. The second-order valence-electron chi connectivity index (χ2n) is 4.68. The molecule has 0 aliphatic rings. The van der Waals surface area contributed by atoms with Crippen molar-refractivity contribution in [1.29, 1.82) is 0 Å². The fourth-order valence-electron chi connectivity index (χ4n) is 1.54. The fraction of sp³-hybridized carbons (Fsp3) is 0.562. The number of carboxylic acids is 1. The monoisotopic (exact) mass is 250 g/mol. The van der Waals surface area contributed by atoms with Crippen molar-refractivity contribution in [2.75, 3.05) is 0 Å². The third-order valence-electron chi connectivity index (χ3n) is 3.02. The third-order valence-corrected chi connectivity index (χ3v) is 3.02. The van der Waals surface area contributed by atoms with Gasteiger partial charge in [-0.25, -0.2) is 4.79 Å². The summed E-state index contributed by atoms with van der Waals surface area (Å²) in [5.41, 5.74) is 2.47. The van der Waals surface area contributed by atoms with E-state index in [0.717, 1.165) is 24.8 Å². The van der Waals surface area contributed by atoms with E-state index in [-0.39, 0.29) is 0 Å². The molecule has 1 atom stereocenters. The molecule has 0 aliphatic heterocycles. The molecule has 0 heterocycles. The zero-order chi connectivity index (χ0) is 14.1. The van der Waals surface area contributed by atoms with Crippen molar-refractivity contribution in [3.8, 4) is 0 Å². The van der Waals surface area contributed by atoms with Gasteiger partial charge < -0.3 is 5.11 Å². The van der Waals surface area contributed by atoms with Crippen LogP contribution < -0.4 is 0 Å². The van der Waals surface area contributed by atoms with Crippen LogP contribution in [0.5, 0.6) is 0 Å². The standard InChI is InChI=1S/C16H26O2/c1-6-9-15(16(17)18)14(10-12(4)7-2)11-13(5)8-3/h9-12H,6-8H2,1-5H3,(H,17,18)/b13-11+,14-10+,15-9+. The van der Waals surface area contributed by atoms with Crippen LogP contribution in [0.25, 0.3) is 0 Å². The van der Waals surface area contributed by atoms with E-state index in [2.05, 4.69) is 26.8 Å². The van der Waals surface area contributed by atoms with Gasteiger partial charge in [-0.2, -0.15) is 0 Å². The Kier molecular flexibility index (Phi) is 8.10. The Morgan fingerprint density at radius 1 is 1.28 bits per heavy atom. The lowest BCUT2D eigenvalue weighted by Gasteiger charge is -2.09. The minimum Gasteiger partial charge on any atom is -0.478 e. The SMILES string of the molecule is CC\C=C(C(=O)O)/C(/C=C(\C)CC)=C/C(C)CC. The lowest BCUT2D eigenvalue weighted by atomic mass is 9.96. The zero-order valence-electron chi connectivity index (χ0n) is 12.3. The Hall–Kier alpha value is -1.31. The molecule has 102 valence electrons. The molecule has 2 nitrogen and oxygen atoms in total. The number of hydrogen-bond acceptors (Lipinski definition) is 1. The summed E-state index contributed by atoms with van der Waals surface area (Å²) in [6.45, 7) is 10.3.